The zero-order chi connectivity index (χ0) is 9.61. The van der Waals surface area contributed by atoms with Crippen molar-refractivity contribution in [2.24, 2.45) is 5.92 Å². The van der Waals surface area contributed by atoms with Crippen LogP contribution >= 0.6 is 0 Å². The molecule has 0 aromatic rings. The molecular formula is C8H17NO3. The van der Waals surface area contributed by atoms with E-state index in [0.717, 1.165) is 19.4 Å². The lowest BCUT2D eigenvalue weighted by Gasteiger charge is -2.20. The predicted molar refractivity (Wildman–Crippen MR) is 45.9 cm³/mol. The predicted octanol–water partition coefficient (Wildman–Crippen LogP) is 0.679. The van der Waals surface area contributed by atoms with Gasteiger partial charge in [-0.3, -0.25) is 5.26 Å². The maximum atomic E-state index is 9.75. The van der Waals surface area contributed by atoms with Crippen LogP contribution in [0, 0.1) is 5.92 Å². The first-order chi connectivity index (χ1) is 5.49. The molecule has 12 heavy (non-hydrogen) atoms. The second kappa shape index (κ2) is 5.24. The van der Waals surface area contributed by atoms with E-state index in [4.69, 9.17) is 5.26 Å². The Morgan fingerprint density at radius 2 is 1.92 bits per heavy atom. The highest BCUT2D eigenvalue weighted by atomic mass is 17.1. The molecule has 4 nitrogen and oxygen atoms in total. The van der Waals surface area contributed by atoms with Gasteiger partial charge in [-0.25, -0.2) is 4.89 Å². The third-order valence-corrected chi connectivity index (χ3v) is 1.28. The molecule has 0 saturated carbocycles. The normalized spacial score (nSPS) is 17.3. The number of carbonyl (C=O) groups excluding carboxylic acids is 1. The van der Waals surface area contributed by atoms with E-state index >= 15 is 0 Å². The Kier molecular flexibility index (Phi) is 5.04. The highest BCUT2D eigenvalue weighted by molar-refractivity contribution is 5.55. The summed E-state index contributed by atoms with van der Waals surface area (Å²) in [5.41, 5.74) is -0.403. The molecule has 72 valence electrons. The first kappa shape index (κ1) is 11.6. The van der Waals surface area contributed by atoms with Gasteiger partial charge in [0, 0.05) is 19.0 Å². The average molecular weight is 175 g/mol. The Morgan fingerprint density at radius 1 is 1.50 bits per heavy atom. The molecule has 2 N–H and O–H groups in total. The Hall–Kier alpha value is -0.450. The van der Waals surface area contributed by atoms with Crippen LogP contribution in [0.3, 0.4) is 0 Å². The van der Waals surface area contributed by atoms with Gasteiger partial charge in [-0.05, 0) is 20.8 Å². The number of aldehydes is 1. The van der Waals surface area contributed by atoms with Gasteiger partial charge < -0.3 is 10.1 Å². The van der Waals surface area contributed by atoms with Crippen molar-refractivity contribution in [1.82, 2.24) is 5.32 Å². The van der Waals surface area contributed by atoms with Crippen LogP contribution in [0.15, 0.2) is 0 Å². The average Bonchev–Trinajstić information content (AvgIpc) is 1.85. The molecule has 1 heterocycles. The summed E-state index contributed by atoms with van der Waals surface area (Å²) in [5, 5.41) is 10.9. The van der Waals surface area contributed by atoms with Gasteiger partial charge >= 0.3 is 0 Å². The van der Waals surface area contributed by atoms with Gasteiger partial charge in [-0.2, -0.15) is 0 Å². The topological polar surface area (TPSA) is 58.6 Å². The number of hydrogen-bond acceptors (Lipinski definition) is 4. The van der Waals surface area contributed by atoms with Gasteiger partial charge in [-0.1, -0.05) is 0 Å². The minimum absolute atomic E-state index is 0.324. The van der Waals surface area contributed by atoms with Gasteiger partial charge in [0.25, 0.3) is 0 Å². The molecule has 1 aliphatic rings. The van der Waals surface area contributed by atoms with E-state index in [2.05, 4.69) is 10.2 Å². The highest BCUT2D eigenvalue weighted by Crippen LogP contribution is 2.01. The van der Waals surface area contributed by atoms with Gasteiger partial charge in [0.15, 0.2) is 0 Å². The molecule has 1 fully saturated rings. The van der Waals surface area contributed by atoms with Gasteiger partial charge in [0.05, 0.1) is 5.60 Å². The van der Waals surface area contributed by atoms with Crippen LogP contribution in [-0.2, 0) is 9.68 Å². The molecule has 0 aromatic heterocycles. The maximum absolute atomic E-state index is 9.75. The largest absolute Gasteiger partial charge is 0.315 e. The van der Waals surface area contributed by atoms with Crippen LogP contribution in [-0.4, -0.2) is 30.2 Å². The number of rotatable bonds is 1. The van der Waals surface area contributed by atoms with E-state index < -0.39 is 5.60 Å². The highest BCUT2D eigenvalue weighted by Gasteiger charge is 2.13. The number of nitrogens with one attached hydrogen (secondary N) is 1. The van der Waals surface area contributed by atoms with Gasteiger partial charge in [0.1, 0.15) is 6.29 Å². The molecule has 0 radical (unpaired) electrons. The zero-order valence-electron chi connectivity index (χ0n) is 7.83. The summed E-state index contributed by atoms with van der Waals surface area (Å²) < 4.78 is 0. The van der Waals surface area contributed by atoms with Crippen LogP contribution in [0.2, 0.25) is 0 Å². The SMILES string of the molecule is CC(C)(C)OO.O=CC1CNC1. The molecule has 1 saturated heterocycles. The fourth-order valence-corrected chi connectivity index (χ4v) is 0.407. The number of carbonyl (C=O) groups is 1. The lowest BCUT2D eigenvalue weighted by atomic mass is 10.1. The molecule has 0 bridgehead atoms. The summed E-state index contributed by atoms with van der Waals surface area (Å²) in [6.07, 6.45) is 0.997. The molecular weight excluding hydrogens is 158 g/mol. The van der Waals surface area contributed by atoms with E-state index in [1.54, 1.807) is 20.8 Å². The molecule has 0 aromatic carbocycles. The van der Waals surface area contributed by atoms with Gasteiger partial charge in [-0.15, -0.1) is 0 Å². The van der Waals surface area contributed by atoms with E-state index in [-0.39, 0.29) is 0 Å². The molecule has 0 unspecified atom stereocenters. The lowest BCUT2D eigenvalue weighted by molar-refractivity contribution is -0.306. The van der Waals surface area contributed by atoms with Crippen molar-refractivity contribution in [3.63, 3.8) is 0 Å². The fraction of sp³-hybridized carbons (Fsp3) is 0.875. The van der Waals surface area contributed by atoms with Crippen LogP contribution in [0.5, 0.6) is 0 Å². The molecule has 0 atom stereocenters. The summed E-state index contributed by atoms with van der Waals surface area (Å²) in [6.45, 7) is 7.10. The summed E-state index contributed by atoms with van der Waals surface area (Å²) in [7, 11) is 0. The monoisotopic (exact) mass is 175 g/mol. The second-order valence-corrected chi connectivity index (χ2v) is 3.76. The lowest BCUT2D eigenvalue weighted by Crippen LogP contribution is -2.42. The van der Waals surface area contributed by atoms with Gasteiger partial charge in [0.2, 0.25) is 0 Å². The van der Waals surface area contributed by atoms with Crippen LogP contribution in [0.25, 0.3) is 0 Å². The summed E-state index contributed by atoms with van der Waals surface area (Å²) in [5.74, 6) is 0.324. The summed E-state index contributed by atoms with van der Waals surface area (Å²) >= 11 is 0. The Morgan fingerprint density at radius 3 is 1.92 bits per heavy atom. The second-order valence-electron chi connectivity index (χ2n) is 3.76. The third kappa shape index (κ3) is 6.27. The quantitative estimate of drug-likeness (QED) is 0.349. The zero-order valence-corrected chi connectivity index (χ0v) is 7.83. The van der Waals surface area contributed by atoms with Crippen molar-refractivity contribution in [3.05, 3.63) is 0 Å². The Labute approximate surface area is 72.8 Å². The summed E-state index contributed by atoms with van der Waals surface area (Å²) in [4.78, 5) is 13.7. The number of hydrogen-bond donors (Lipinski definition) is 2. The van der Waals surface area contributed by atoms with Crippen LogP contribution in [0.4, 0.5) is 0 Å². The third-order valence-electron chi connectivity index (χ3n) is 1.28. The standard InChI is InChI=1S/C4H7NO.C4H10O2/c6-3-4-1-5-2-4;1-4(2,3)6-5/h3-5H,1-2H2;5H,1-3H3. The molecule has 1 rings (SSSR count). The van der Waals surface area contributed by atoms with Crippen molar-refractivity contribution in [2.75, 3.05) is 13.1 Å². The van der Waals surface area contributed by atoms with Crippen molar-refractivity contribution in [2.45, 2.75) is 26.4 Å². The first-order valence-corrected chi connectivity index (χ1v) is 3.98. The van der Waals surface area contributed by atoms with Crippen LogP contribution < -0.4 is 5.32 Å². The van der Waals surface area contributed by atoms with Crippen molar-refractivity contribution < 1.29 is 14.9 Å². The van der Waals surface area contributed by atoms with E-state index in [1.165, 1.54) is 0 Å². The van der Waals surface area contributed by atoms with E-state index in [9.17, 15) is 4.79 Å². The molecule has 4 heteroatoms. The molecule has 1 aliphatic heterocycles. The fourth-order valence-electron chi connectivity index (χ4n) is 0.407. The Balaban J connectivity index is 0.000000202. The van der Waals surface area contributed by atoms with E-state index in [0.29, 0.717) is 5.92 Å². The smallest absolute Gasteiger partial charge is 0.125 e. The summed E-state index contributed by atoms with van der Waals surface area (Å²) in [6, 6.07) is 0. The molecule has 0 spiro atoms. The van der Waals surface area contributed by atoms with Crippen molar-refractivity contribution in [1.29, 1.82) is 0 Å². The van der Waals surface area contributed by atoms with Crippen molar-refractivity contribution >= 4 is 6.29 Å². The minimum atomic E-state index is -0.403. The first-order valence-electron chi connectivity index (χ1n) is 3.98. The molecule has 0 amide bonds. The molecule has 0 aliphatic carbocycles. The van der Waals surface area contributed by atoms with Crippen molar-refractivity contribution in [3.8, 4) is 0 Å². The minimum Gasteiger partial charge on any atom is -0.315 e. The Bertz CT molecular complexity index is 127. The van der Waals surface area contributed by atoms with E-state index in [1.807, 2.05) is 0 Å². The maximum Gasteiger partial charge on any atom is 0.125 e. The van der Waals surface area contributed by atoms with Crippen LogP contribution in [0.1, 0.15) is 20.8 Å².